The Hall–Kier alpha value is -1.11. The summed E-state index contributed by atoms with van der Waals surface area (Å²) in [6.07, 6.45) is 2.51. The van der Waals surface area contributed by atoms with Gasteiger partial charge in [-0.1, -0.05) is 43.7 Å². The SMILES string of the molecule is CCC(CC)C(=O)Cc1ccc(C)cc1. The molecule has 0 spiro atoms. The molecule has 1 rings (SSSR count). The van der Waals surface area contributed by atoms with E-state index in [1.807, 2.05) is 0 Å². The van der Waals surface area contributed by atoms with Crippen molar-refractivity contribution in [1.29, 1.82) is 0 Å². The van der Waals surface area contributed by atoms with Crippen molar-refractivity contribution in [2.75, 3.05) is 0 Å². The lowest BCUT2D eigenvalue weighted by molar-refractivity contribution is -0.122. The molecule has 0 N–H and O–H groups in total. The van der Waals surface area contributed by atoms with E-state index in [1.165, 1.54) is 5.56 Å². The molecule has 0 radical (unpaired) electrons. The summed E-state index contributed by atoms with van der Waals surface area (Å²) in [6, 6.07) is 8.23. The minimum absolute atomic E-state index is 0.242. The van der Waals surface area contributed by atoms with Gasteiger partial charge in [0.2, 0.25) is 0 Å². The first-order valence-electron chi connectivity index (χ1n) is 5.75. The molecule has 0 aliphatic carbocycles. The highest BCUT2D eigenvalue weighted by Gasteiger charge is 2.13. The largest absolute Gasteiger partial charge is 0.299 e. The molecule has 82 valence electrons. The number of carbonyl (C=O) groups excluding carboxylic acids is 1. The van der Waals surface area contributed by atoms with E-state index in [0.717, 1.165) is 18.4 Å². The Morgan fingerprint density at radius 3 is 2.13 bits per heavy atom. The Morgan fingerprint density at radius 2 is 1.67 bits per heavy atom. The second-order valence-electron chi connectivity index (χ2n) is 4.14. The molecule has 0 aliphatic rings. The van der Waals surface area contributed by atoms with E-state index in [4.69, 9.17) is 0 Å². The van der Waals surface area contributed by atoms with Crippen molar-refractivity contribution in [3.05, 3.63) is 35.4 Å². The maximum absolute atomic E-state index is 11.9. The van der Waals surface area contributed by atoms with Gasteiger partial charge in [-0.2, -0.15) is 0 Å². The Kier molecular flexibility index (Phi) is 4.54. The molecule has 0 amide bonds. The molecule has 0 saturated carbocycles. The van der Waals surface area contributed by atoms with Crippen LogP contribution in [-0.4, -0.2) is 5.78 Å². The molecule has 0 heterocycles. The topological polar surface area (TPSA) is 17.1 Å². The van der Waals surface area contributed by atoms with Gasteiger partial charge >= 0.3 is 0 Å². The summed E-state index contributed by atoms with van der Waals surface area (Å²) in [4.78, 5) is 11.9. The summed E-state index contributed by atoms with van der Waals surface area (Å²) in [5.41, 5.74) is 2.38. The molecule has 0 aliphatic heterocycles. The van der Waals surface area contributed by atoms with Gasteiger partial charge in [0.1, 0.15) is 5.78 Å². The number of aryl methyl sites for hydroxylation is 1. The maximum atomic E-state index is 11.9. The Balaban J connectivity index is 2.61. The first kappa shape index (κ1) is 12.0. The molecule has 0 atom stereocenters. The van der Waals surface area contributed by atoms with Gasteiger partial charge in [-0.25, -0.2) is 0 Å². The van der Waals surface area contributed by atoms with E-state index in [-0.39, 0.29) is 5.92 Å². The van der Waals surface area contributed by atoms with Crippen LogP contribution in [0.1, 0.15) is 37.8 Å². The van der Waals surface area contributed by atoms with Gasteiger partial charge in [-0.15, -0.1) is 0 Å². The van der Waals surface area contributed by atoms with E-state index in [0.29, 0.717) is 12.2 Å². The first-order valence-corrected chi connectivity index (χ1v) is 5.75. The Bertz CT molecular complexity index is 307. The van der Waals surface area contributed by atoms with Crippen LogP contribution in [-0.2, 0) is 11.2 Å². The zero-order valence-electron chi connectivity index (χ0n) is 9.92. The smallest absolute Gasteiger partial charge is 0.140 e. The van der Waals surface area contributed by atoms with Crippen molar-refractivity contribution < 1.29 is 4.79 Å². The molecule has 0 saturated heterocycles. The number of hydrogen-bond donors (Lipinski definition) is 0. The van der Waals surface area contributed by atoms with Crippen LogP contribution in [0.2, 0.25) is 0 Å². The van der Waals surface area contributed by atoms with E-state index < -0.39 is 0 Å². The van der Waals surface area contributed by atoms with Gasteiger partial charge in [0.05, 0.1) is 0 Å². The number of carbonyl (C=O) groups is 1. The molecule has 15 heavy (non-hydrogen) atoms. The third-order valence-electron chi connectivity index (χ3n) is 2.94. The Labute approximate surface area is 92.5 Å². The third kappa shape index (κ3) is 3.50. The summed E-state index contributed by atoms with van der Waals surface area (Å²) in [7, 11) is 0. The standard InChI is InChI=1S/C14H20O/c1-4-13(5-2)14(15)10-12-8-6-11(3)7-9-12/h6-9,13H,4-5,10H2,1-3H3. The Morgan fingerprint density at radius 1 is 1.13 bits per heavy atom. The fraction of sp³-hybridized carbons (Fsp3) is 0.500. The van der Waals surface area contributed by atoms with Crippen molar-refractivity contribution in [3.63, 3.8) is 0 Å². The lowest BCUT2D eigenvalue weighted by atomic mass is 9.93. The average Bonchev–Trinajstić information content (AvgIpc) is 2.23. The normalized spacial score (nSPS) is 10.7. The zero-order chi connectivity index (χ0) is 11.3. The van der Waals surface area contributed by atoms with Gasteiger partial charge in [0, 0.05) is 12.3 Å². The summed E-state index contributed by atoms with van der Waals surface area (Å²) in [5, 5.41) is 0. The average molecular weight is 204 g/mol. The van der Waals surface area contributed by atoms with E-state index in [1.54, 1.807) is 0 Å². The van der Waals surface area contributed by atoms with Crippen LogP contribution in [0.5, 0.6) is 0 Å². The zero-order valence-corrected chi connectivity index (χ0v) is 9.92. The summed E-state index contributed by atoms with van der Waals surface area (Å²) < 4.78 is 0. The van der Waals surface area contributed by atoms with Gasteiger partial charge in [-0.3, -0.25) is 4.79 Å². The van der Waals surface area contributed by atoms with Gasteiger partial charge in [-0.05, 0) is 25.3 Å². The molecule has 0 unspecified atom stereocenters. The lowest BCUT2D eigenvalue weighted by Gasteiger charge is -2.10. The predicted octanol–water partition coefficient (Wildman–Crippen LogP) is 3.54. The van der Waals surface area contributed by atoms with Crippen LogP contribution < -0.4 is 0 Å². The summed E-state index contributed by atoms with van der Waals surface area (Å²) >= 11 is 0. The third-order valence-corrected chi connectivity index (χ3v) is 2.94. The van der Waals surface area contributed by atoms with Gasteiger partial charge < -0.3 is 0 Å². The first-order chi connectivity index (χ1) is 7.17. The molecule has 1 nitrogen and oxygen atoms in total. The summed E-state index contributed by atoms with van der Waals surface area (Å²) in [6.45, 7) is 6.23. The summed E-state index contributed by atoms with van der Waals surface area (Å²) in [5.74, 6) is 0.621. The van der Waals surface area contributed by atoms with E-state index in [2.05, 4.69) is 45.0 Å². The number of ketones is 1. The molecule has 0 aromatic heterocycles. The molecular weight excluding hydrogens is 184 g/mol. The van der Waals surface area contributed by atoms with Crippen molar-refractivity contribution in [2.45, 2.75) is 40.0 Å². The van der Waals surface area contributed by atoms with Crippen LogP contribution in [0.15, 0.2) is 24.3 Å². The maximum Gasteiger partial charge on any atom is 0.140 e. The highest BCUT2D eigenvalue weighted by Crippen LogP contribution is 2.13. The minimum atomic E-state index is 0.242. The van der Waals surface area contributed by atoms with E-state index in [9.17, 15) is 4.79 Å². The lowest BCUT2D eigenvalue weighted by Crippen LogP contribution is -2.15. The highest BCUT2D eigenvalue weighted by molar-refractivity contribution is 5.83. The van der Waals surface area contributed by atoms with Crippen molar-refractivity contribution in [3.8, 4) is 0 Å². The monoisotopic (exact) mass is 204 g/mol. The fourth-order valence-electron chi connectivity index (χ4n) is 1.80. The molecule has 1 aromatic rings. The molecule has 1 heteroatoms. The fourth-order valence-corrected chi connectivity index (χ4v) is 1.80. The van der Waals surface area contributed by atoms with Crippen LogP contribution in [0, 0.1) is 12.8 Å². The number of rotatable bonds is 5. The van der Waals surface area contributed by atoms with Crippen molar-refractivity contribution in [2.24, 2.45) is 5.92 Å². The number of benzene rings is 1. The quantitative estimate of drug-likeness (QED) is 0.717. The predicted molar refractivity (Wildman–Crippen MR) is 64.0 cm³/mol. The van der Waals surface area contributed by atoms with Crippen molar-refractivity contribution >= 4 is 5.78 Å². The molecular formula is C14H20O. The van der Waals surface area contributed by atoms with Crippen LogP contribution >= 0.6 is 0 Å². The van der Waals surface area contributed by atoms with Crippen molar-refractivity contribution in [1.82, 2.24) is 0 Å². The van der Waals surface area contributed by atoms with Crippen LogP contribution in [0.3, 0.4) is 0 Å². The molecule has 0 fully saturated rings. The van der Waals surface area contributed by atoms with Gasteiger partial charge in [0.15, 0.2) is 0 Å². The van der Waals surface area contributed by atoms with Gasteiger partial charge in [0.25, 0.3) is 0 Å². The van der Waals surface area contributed by atoms with Crippen LogP contribution in [0.25, 0.3) is 0 Å². The molecule has 0 bridgehead atoms. The second kappa shape index (κ2) is 5.69. The second-order valence-corrected chi connectivity index (χ2v) is 4.14. The van der Waals surface area contributed by atoms with Crippen LogP contribution in [0.4, 0.5) is 0 Å². The number of Topliss-reactive ketones (excluding diaryl/α,β-unsaturated/α-hetero) is 1. The van der Waals surface area contributed by atoms with E-state index >= 15 is 0 Å². The minimum Gasteiger partial charge on any atom is -0.299 e. The molecule has 1 aromatic carbocycles. The highest BCUT2D eigenvalue weighted by atomic mass is 16.1. The number of hydrogen-bond acceptors (Lipinski definition) is 1.